The molecule has 50 heavy (non-hydrogen) atoms. The molecule has 0 radical (unpaired) electrons. The minimum absolute atomic E-state index is 0.152. The maximum Gasteiger partial charge on any atom is 0.408 e. The molecule has 0 spiro atoms. The van der Waals surface area contributed by atoms with E-state index in [2.05, 4.69) is 10.6 Å². The lowest BCUT2D eigenvalue weighted by atomic mass is 9.91. The molecule has 3 aromatic carbocycles. The summed E-state index contributed by atoms with van der Waals surface area (Å²) in [6.07, 6.45) is -2.44. The quantitative estimate of drug-likeness (QED) is 0.149. The van der Waals surface area contributed by atoms with Crippen molar-refractivity contribution in [3.63, 3.8) is 0 Å². The third kappa shape index (κ3) is 12.5. The number of rotatable bonds is 17. The first-order valence-electron chi connectivity index (χ1n) is 17.5. The van der Waals surface area contributed by atoms with Gasteiger partial charge in [0.05, 0.1) is 32.5 Å². The lowest BCUT2D eigenvalue weighted by molar-refractivity contribution is -0.271. The molecule has 0 saturated carbocycles. The Labute approximate surface area is 296 Å². The number of benzene rings is 3. The Morgan fingerprint density at radius 2 is 1.20 bits per heavy atom. The lowest BCUT2D eigenvalue weighted by Gasteiger charge is -2.46. The van der Waals surface area contributed by atoms with Gasteiger partial charge in [0.1, 0.15) is 36.1 Å². The molecule has 0 aromatic heterocycles. The van der Waals surface area contributed by atoms with Gasteiger partial charge in [-0.05, 0) is 56.2 Å². The molecule has 272 valence electrons. The third-order valence-corrected chi connectivity index (χ3v) is 8.35. The highest BCUT2D eigenvalue weighted by molar-refractivity contribution is 5.85. The average Bonchev–Trinajstić information content (AvgIpc) is 3.10. The Morgan fingerprint density at radius 3 is 1.64 bits per heavy atom. The van der Waals surface area contributed by atoms with Crippen LogP contribution in [0.25, 0.3) is 0 Å². The van der Waals surface area contributed by atoms with E-state index in [1.165, 1.54) is 0 Å². The van der Waals surface area contributed by atoms with Crippen molar-refractivity contribution in [1.29, 1.82) is 0 Å². The van der Waals surface area contributed by atoms with Crippen LogP contribution in [0.2, 0.25) is 0 Å². The number of aliphatic hydroxyl groups excluding tert-OH is 1. The second-order valence-electron chi connectivity index (χ2n) is 14.0. The van der Waals surface area contributed by atoms with E-state index in [0.29, 0.717) is 39.2 Å². The first-order chi connectivity index (χ1) is 24.0. The zero-order valence-electron chi connectivity index (χ0n) is 30.0. The van der Waals surface area contributed by atoms with Crippen LogP contribution in [0.15, 0.2) is 91.0 Å². The highest BCUT2D eigenvalue weighted by Gasteiger charge is 2.47. The van der Waals surface area contributed by atoms with Crippen LogP contribution >= 0.6 is 0 Å². The van der Waals surface area contributed by atoms with Gasteiger partial charge in [-0.15, -0.1) is 0 Å². The van der Waals surface area contributed by atoms with Crippen molar-refractivity contribution < 1.29 is 38.4 Å². The lowest BCUT2D eigenvalue weighted by Crippen LogP contribution is -2.61. The predicted molar refractivity (Wildman–Crippen MR) is 191 cm³/mol. The van der Waals surface area contributed by atoms with Gasteiger partial charge >= 0.3 is 6.09 Å². The SMILES string of the molecule is CC(C)C(NC(=O)OC(C)(C)C)C(=O)NCCCC1OC(CO)C(OCc2ccccc2)C(OCc2ccccc2)C1OCc1ccccc1. The zero-order chi connectivity index (χ0) is 35.9. The summed E-state index contributed by atoms with van der Waals surface area (Å²) in [5, 5.41) is 16.2. The molecular weight excluding hydrogens is 636 g/mol. The van der Waals surface area contributed by atoms with E-state index in [1.807, 2.05) is 105 Å². The second kappa shape index (κ2) is 19.6. The highest BCUT2D eigenvalue weighted by Crippen LogP contribution is 2.32. The summed E-state index contributed by atoms with van der Waals surface area (Å²) in [6, 6.07) is 28.9. The number of aliphatic hydroxyl groups is 1. The van der Waals surface area contributed by atoms with E-state index in [9.17, 15) is 14.7 Å². The number of amides is 2. The number of hydrogen-bond donors (Lipinski definition) is 3. The van der Waals surface area contributed by atoms with Crippen molar-refractivity contribution >= 4 is 12.0 Å². The van der Waals surface area contributed by atoms with Gasteiger partial charge in [-0.2, -0.15) is 0 Å². The molecule has 1 saturated heterocycles. The Balaban J connectivity index is 1.49. The average molecular weight is 691 g/mol. The molecule has 1 heterocycles. The maximum absolute atomic E-state index is 13.2. The van der Waals surface area contributed by atoms with Crippen LogP contribution in [0, 0.1) is 5.92 Å². The fraction of sp³-hybridized carbons (Fsp3) is 0.500. The van der Waals surface area contributed by atoms with Crippen molar-refractivity contribution in [1.82, 2.24) is 10.6 Å². The van der Waals surface area contributed by atoms with Gasteiger partial charge in [-0.1, -0.05) is 105 Å². The standard InChI is InChI=1S/C40H54N2O8/c1-28(2)34(42-39(45)50-40(3,4)5)38(44)41-23-15-22-32-35(46-25-29-16-9-6-10-17-29)37(48-27-31-20-13-8-14-21-31)36(33(24-43)49-32)47-26-30-18-11-7-12-19-30/h6-14,16-21,28,32-37,43H,15,22-27H2,1-5H3,(H,41,44)(H,42,45). The van der Waals surface area contributed by atoms with Gasteiger partial charge in [-0.3, -0.25) is 4.79 Å². The molecular formula is C40H54N2O8. The normalized spacial score (nSPS) is 21.4. The van der Waals surface area contributed by atoms with E-state index in [4.69, 9.17) is 23.7 Å². The van der Waals surface area contributed by atoms with E-state index < -0.39 is 48.3 Å². The molecule has 6 atom stereocenters. The molecule has 1 fully saturated rings. The van der Waals surface area contributed by atoms with Crippen molar-refractivity contribution in [2.45, 2.75) is 109 Å². The summed E-state index contributed by atoms with van der Waals surface area (Å²) in [6.45, 7) is 10.1. The number of alkyl carbamates (subject to hydrolysis) is 1. The minimum Gasteiger partial charge on any atom is -0.444 e. The summed E-state index contributed by atoms with van der Waals surface area (Å²) < 4.78 is 31.7. The zero-order valence-corrected chi connectivity index (χ0v) is 30.0. The fourth-order valence-electron chi connectivity index (χ4n) is 5.86. The van der Waals surface area contributed by atoms with Gasteiger partial charge < -0.3 is 39.4 Å². The van der Waals surface area contributed by atoms with Crippen LogP contribution in [-0.2, 0) is 48.3 Å². The molecule has 3 N–H and O–H groups in total. The number of nitrogens with one attached hydrogen (secondary N) is 2. The Morgan fingerprint density at radius 1 is 0.740 bits per heavy atom. The summed E-state index contributed by atoms with van der Waals surface area (Å²) in [4.78, 5) is 25.6. The van der Waals surface area contributed by atoms with Gasteiger partial charge in [0, 0.05) is 6.54 Å². The summed E-state index contributed by atoms with van der Waals surface area (Å²) in [7, 11) is 0. The monoisotopic (exact) mass is 690 g/mol. The molecule has 6 unspecified atom stereocenters. The first-order valence-corrected chi connectivity index (χ1v) is 17.5. The Bertz CT molecular complexity index is 1420. The van der Waals surface area contributed by atoms with Crippen molar-refractivity contribution in [3.05, 3.63) is 108 Å². The molecule has 1 aliphatic rings. The summed E-state index contributed by atoms with van der Waals surface area (Å²) in [5.74, 6) is -0.445. The minimum atomic E-state index is -0.755. The van der Waals surface area contributed by atoms with E-state index >= 15 is 0 Å². The van der Waals surface area contributed by atoms with Crippen LogP contribution in [-0.4, -0.2) is 72.4 Å². The van der Waals surface area contributed by atoms with Gasteiger partial charge in [-0.25, -0.2) is 4.79 Å². The van der Waals surface area contributed by atoms with Crippen molar-refractivity contribution in [2.24, 2.45) is 5.92 Å². The van der Waals surface area contributed by atoms with Crippen molar-refractivity contribution in [3.8, 4) is 0 Å². The molecule has 10 heteroatoms. The number of hydrogen-bond acceptors (Lipinski definition) is 8. The number of ether oxygens (including phenoxy) is 5. The highest BCUT2D eigenvalue weighted by atomic mass is 16.6. The molecule has 1 aliphatic heterocycles. The third-order valence-electron chi connectivity index (χ3n) is 8.35. The van der Waals surface area contributed by atoms with Crippen molar-refractivity contribution in [2.75, 3.05) is 13.2 Å². The maximum atomic E-state index is 13.2. The smallest absolute Gasteiger partial charge is 0.408 e. The molecule has 2 amide bonds. The largest absolute Gasteiger partial charge is 0.444 e. The molecule has 0 bridgehead atoms. The first kappa shape index (κ1) is 39.0. The van der Waals surface area contributed by atoms with Crippen LogP contribution < -0.4 is 10.6 Å². The van der Waals surface area contributed by atoms with Gasteiger partial charge in [0.15, 0.2) is 0 Å². The summed E-state index contributed by atoms with van der Waals surface area (Å²) >= 11 is 0. The Hall–Kier alpha value is -3.80. The molecule has 0 aliphatic carbocycles. The predicted octanol–water partition coefficient (Wildman–Crippen LogP) is 5.95. The van der Waals surface area contributed by atoms with Crippen LogP contribution in [0.1, 0.15) is 64.2 Å². The number of carbonyl (C=O) groups is 2. The topological polar surface area (TPSA) is 125 Å². The number of carbonyl (C=O) groups excluding carboxylic acids is 2. The van der Waals surface area contributed by atoms with Gasteiger partial charge in [0.2, 0.25) is 5.91 Å². The fourth-order valence-corrected chi connectivity index (χ4v) is 5.86. The molecule has 4 rings (SSSR count). The van der Waals surface area contributed by atoms with Gasteiger partial charge in [0.25, 0.3) is 0 Å². The van der Waals surface area contributed by atoms with E-state index in [-0.39, 0.29) is 18.4 Å². The molecule has 10 nitrogen and oxygen atoms in total. The second-order valence-corrected chi connectivity index (χ2v) is 14.0. The molecule has 3 aromatic rings. The van der Waals surface area contributed by atoms with Crippen LogP contribution in [0.4, 0.5) is 4.79 Å². The van der Waals surface area contributed by atoms with E-state index in [0.717, 1.165) is 16.7 Å². The van der Waals surface area contributed by atoms with Crippen LogP contribution in [0.3, 0.4) is 0 Å². The van der Waals surface area contributed by atoms with E-state index in [1.54, 1.807) is 20.8 Å². The summed E-state index contributed by atoms with van der Waals surface area (Å²) in [5.41, 5.74) is 2.32. The van der Waals surface area contributed by atoms with Crippen LogP contribution in [0.5, 0.6) is 0 Å². The Kier molecular flexibility index (Phi) is 15.2.